The maximum Gasteiger partial charge on any atom is 0.253 e. The molecular formula is C15H11ClIN3O. The van der Waals surface area contributed by atoms with E-state index in [2.05, 4.69) is 37.9 Å². The molecule has 1 aromatic carbocycles. The monoisotopic (exact) mass is 411 g/mol. The van der Waals surface area contributed by atoms with E-state index in [9.17, 15) is 4.79 Å². The van der Waals surface area contributed by atoms with Gasteiger partial charge in [0.05, 0.1) is 0 Å². The Bertz CT molecular complexity index is 863. The van der Waals surface area contributed by atoms with Gasteiger partial charge in [-0.1, -0.05) is 11.6 Å². The van der Waals surface area contributed by atoms with E-state index in [1.165, 1.54) is 0 Å². The number of halogens is 2. The molecule has 3 aromatic rings. The number of hydrogen-bond acceptors (Lipinski definition) is 3. The first-order valence-corrected chi connectivity index (χ1v) is 7.74. The molecule has 0 radical (unpaired) electrons. The van der Waals surface area contributed by atoms with Crippen molar-refractivity contribution in [3.8, 4) is 0 Å². The lowest BCUT2D eigenvalue weighted by Gasteiger charge is -2.07. The van der Waals surface area contributed by atoms with Crippen LogP contribution in [0, 0.1) is 3.57 Å². The van der Waals surface area contributed by atoms with Crippen molar-refractivity contribution in [3.63, 3.8) is 0 Å². The van der Waals surface area contributed by atoms with E-state index in [0.717, 1.165) is 20.3 Å². The smallest absolute Gasteiger partial charge is 0.253 e. The molecule has 0 unspecified atom stereocenters. The van der Waals surface area contributed by atoms with E-state index < -0.39 is 0 Å². The number of aromatic amines is 1. The van der Waals surface area contributed by atoms with Crippen molar-refractivity contribution < 1.29 is 0 Å². The standard InChI is InChI=1S/C15H11ClIN3O/c16-11-1-2-13-9(6-11)5-10(15(21)20-13)8-19-14-7-12(17)3-4-18-14/h1-7H,8H2,(H,18,19)(H,20,21). The molecule has 106 valence electrons. The Hall–Kier alpha value is -1.60. The zero-order chi connectivity index (χ0) is 14.8. The highest BCUT2D eigenvalue weighted by Crippen LogP contribution is 2.17. The summed E-state index contributed by atoms with van der Waals surface area (Å²) < 4.78 is 1.09. The van der Waals surface area contributed by atoms with Crippen LogP contribution in [0.15, 0.2) is 47.4 Å². The molecule has 0 spiro atoms. The second-order valence-corrected chi connectivity index (χ2v) is 6.25. The fourth-order valence-corrected chi connectivity index (χ4v) is 2.68. The third kappa shape index (κ3) is 3.36. The minimum Gasteiger partial charge on any atom is -0.366 e. The van der Waals surface area contributed by atoms with Gasteiger partial charge in [-0.15, -0.1) is 0 Å². The number of rotatable bonds is 3. The van der Waals surface area contributed by atoms with Crippen LogP contribution in [0.3, 0.4) is 0 Å². The van der Waals surface area contributed by atoms with Crippen LogP contribution in [0.4, 0.5) is 5.82 Å². The molecule has 3 rings (SSSR count). The Kier molecular flexibility index (Phi) is 4.12. The van der Waals surface area contributed by atoms with Crippen LogP contribution in [0.1, 0.15) is 5.56 Å². The SMILES string of the molecule is O=c1[nH]c2ccc(Cl)cc2cc1CNc1cc(I)ccn1. The lowest BCUT2D eigenvalue weighted by atomic mass is 10.1. The maximum absolute atomic E-state index is 12.1. The van der Waals surface area contributed by atoms with Crippen molar-refractivity contribution in [1.29, 1.82) is 0 Å². The summed E-state index contributed by atoms with van der Waals surface area (Å²) in [6.07, 6.45) is 1.73. The Morgan fingerprint density at radius 2 is 2.10 bits per heavy atom. The molecule has 4 nitrogen and oxygen atoms in total. The molecule has 0 aliphatic rings. The van der Waals surface area contributed by atoms with Gasteiger partial charge in [0.25, 0.3) is 5.56 Å². The number of benzene rings is 1. The van der Waals surface area contributed by atoms with Gasteiger partial charge in [-0.2, -0.15) is 0 Å². The number of H-pyrrole nitrogens is 1. The first-order chi connectivity index (χ1) is 10.1. The zero-order valence-corrected chi connectivity index (χ0v) is 13.8. The summed E-state index contributed by atoms with van der Waals surface area (Å²) in [6, 6.07) is 11.1. The Balaban J connectivity index is 1.90. The molecule has 0 bridgehead atoms. The molecule has 2 N–H and O–H groups in total. The van der Waals surface area contributed by atoms with Crippen LogP contribution in [0.25, 0.3) is 10.9 Å². The molecule has 0 aliphatic heterocycles. The second kappa shape index (κ2) is 6.03. The molecule has 0 atom stereocenters. The van der Waals surface area contributed by atoms with Gasteiger partial charge >= 0.3 is 0 Å². The van der Waals surface area contributed by atoms with E-state index in [-0.39, 0.29) is 5.56 Å². The van der Waals surface area contributed by atoms with E-state index >= 15 is 0 Å². The van der Waals surface area contributed by atoms with Crippen molar-refractivity contribution in [3.05, 3.63) is 67.1 Å². The number of nitrogens with one attached hydrogen (secondary N) is 2. The average Bonchev–Trinajstić information content (AvgIpc) is 2.45. The average molecular weight is 412 g/mol. The quantitative estimate of drug-likeness (QED) is 0.645. The van der Waals surface area contributed by atoms with Gasteiger partial charge in [0.1, 0.15) is 5.82 Å². The van der Waals surface area contributed by atoms with Gasteiger partial charge < -0.3 is 10.3 Å². The van der Waals surface area contributed by atoms with E-state index in [1.807, 2.05) is 24.3 Å². The number of pyridine rings is 2. The van der Waals surface area contributed by atoms with Crippen molar-refractivity contribution >= 4 is 50.9 Å². The molecule has 0 saturated carbocycles. The van der Waals surface area contributed by atoms with Gasteiger partial charge in [0.2, 0.25) is 0 Å². The molecule has 2 aromatic heterocycles. The summed E-state index contributed by atoms with van der Waals surface area (Å²) in [5.41, 5.74) is 1.31. The number of fused-ring (bicyclic) bond motifs is 1. The summed E-state index contributed by atoms with van der Waals surface area (Å²) in [4.78, 5) is 19.1. The molecule has 0 saturated heterocycles. The highest BCUT2D eigenvalue weighted by molar-refractivity contribution is 14.1. The minimum absolute atomic E-state index is 0.108. The van der Waals surface area contributed by atoms with Gasteiger partial charge in [-0.3, -0.25) is 4.79 Å². The van der Waals surface area contributed by atoms with E-state index in [1.54, 1.807) is 18.3 Å². The van der Waals surface area contributed by atoms with Crippen molar-refractivity contribution in [2.45, 2.75) is 6.54 Å². The Morgan fingerprint density at radius 3 is 2.90 bits per heavy atom. The molecule has 2 heterocycles. The van der Waals surface area contributed by atoms with E-state index in [4.69, 9.17) is 11.6 Å². The van der Waals surface area contributed by atoms with Crippen LogP contribution in [-0.2, 0) is 6.54 Å². The number of nitrogens with zero attached hydrogens (tertiary/aromatic N) is 1. The normalized spacial score (nSPS) is 10.8. The van der Waals surface area contributed by atoms with Gasteiger partial charge in [0.15, 0.2) is 0 Å². The molecule has 0 amide bonds. The molecular weight excluding hydrogens is 401 g/mol. The summed E-state index contributed by atoms with van der Waals surface area (Å²) in [5.74, 6) is 0.743. The van der Waals surface area contributed by atoms with Crippen LogP contribution in [0.2, 0.25) is 5.02 Å². The maximum atomic E-state index is 12.1. The first-order valence-electron chi connectivity index (χ1n) is 6.29. The second-order valence-electron chi connectivity index (χ2n) is 4.57. The molecule has 6 heteroatoms. The van der Waals surface area contributed by atoms with Crippen molar-refractivity contribution in [2.24, 2.45) is 0 Å². The molecule has 0 fully saturated rings. The third-order valence-corrected chi connectivity index (χ3v) is 3.97. The Morgan fingerprint density at radius 1 is 1.24 bits per heavy atom. The van der Waals surface area contributed by atoms with Gasteiger partial charge in [0, 0.05) is 37.8 Å². The highest BCUT2D eigenvalue weighted by atomic mass is 127. The summed E-state index contributed by atoms with van der Waals surface area (Å²) >= 11 is 8.20. The number of aromatic nitrogens is 2. The van der Waals surface area contributed by atoms with Crippen molar-refractivity contribution in [2.75, 3.05) is 5.32 Å². The van der Waals surface area contributed by atoms with Crippen LogP contribution >= 0.6 is 34.2 Å². The number of anilines is 1. The van der Waals surface area contributed by atoms with Gasteiger partial charge in [-0.05, 0) is 59.0 Å². The lowest BCUT2D eigenvalue weighted by Crippen LogP contribution is -2.16. The van der Waals surface area contributed by atoms with Crippen LogP contribution in [0.5, 0.6) is 0 Å². The largest absolute Gasteiger partial charge is 0.366 e. The lowest BCUT2D eigenvalue weighted by molar-refractivity contribution is 1.07. The zero-order valence-electron chi connectivity index (χ0n) is 10.9. The van der Waals surface area contributed by atoms with E-state index in [0.29, 0.717) is 17.1 Å². The van der Waals surface area contributed by atoms with Crippen molar-refractivity contribution in [1.82, 2.24) is 9.97 Å². The predicted molar refractivity (Wildman–Crippen MR) is 93.9 cm³/mol. The number of hydrogen-bond donors (Lipinski definition) is 2. The van der Waals surface area contributed by atoms with Crippen LogP contribution < -0.4 is 10.9 Å². The first kappa shape index (κ1) is 14.3. The topological polar surface area (TPSA) is 57.8 Å². The molecule has 0 aliphatic carbocycles. The summed E-state index contributed by atoms with van der Waals surface area (Å²) in [5, 5.41) is 4.71. The highest BCUT2D eigenvalue weighted by Gasteiger charge is 2.04. The molecule has 21 heavy (non-hydrogen) atoms. The summed E-state index contributed by atoms with van der Waals surface area (Å²) in [6.45, 7) is 0.408. The predicted octanol–water partition coefficient (Wildman–Crippen LogP) is 3.79. The fourth-order valence-electron chi connectivity index (χ4n) is 2.04. The fraction of sp³-hybridized carbons (Fsp3) is 0.0667. The third-order valence-electron chi connectivity index (χ3n) is 3.07. The minimum atomic E-state index is -0.108. The van der Waals surface area contributed by atoms with Crippen LogP contribution in [-0.4, -0.2) is 9.97 Å². The Labute approximate surface area is 139 Å². The summed E-state index contributed by atoms with van der Waals surface area (Å²) in [7, 11) is 0. The van der Waals surface area contributed by atoms with Gasteiger partial charge in [-0.25, -0.2) is 4.98 Å².